The Kier molecular flexibility index (Phi) is 7.43. The molecule has 1 N–H and O–H groups in total. The molecule has 0 fully saturated rings. The van der Waals surface area contributed by atoms with Gasteiger partial charge in [-0.05, 0) is 59.9 Å². The van der Waals surface area contributed by atoms with Gasteiger partial charge in [0.2, 0.25) is 0 Å². The van der Waals surface area contributed by atoms with Crippen molar-refractivity contribution in [3.8, 4) is 11.4 Å². The Morgan fingerprint density at radius 3 is 2.24 bits per heavy atom. The maximum absolute atomic E-state index is 12.7. The smallest absolute Gasteiger partial charge is 0.274 e. The van der Waals surface area contributed by atoms with Gasteiger partial charge in [-0.1, -0.05) is 63.2 Å². The van der Waals surface area contributed by atoms with E-state index >= 15 is 0 Å². The minimum Gasteiger partial charge on any atom is -0.489 e. The highest BCUT2D eigenvalue weighted by Crippen LogP contribution is 2.24. The summed E-state index contributed by atoms with van der Waals surface area (Å²) in [6, 6.07) is 24.7. The molecule has 1 heterocycles. The normalized spacial score (nSPS) is 11.6. The summed E-state index contributed by atoms with van der Waals surface area (Å²) in [7, 11) is 1.78. The summed E-state index contributed by atoms with van der Waals surface area (Å²) < 4.78 is 9.17. The molecule has 0 aliphatic rings. The average molecular weight is 497 g/mol. The molecule has 1 amide bonds. The van der Waals surface area contributed by atoms with E-state index in [0.717, 1.165) is 17.0 Å². The van der Waals surface area contributed by atoms with Gasteiger partial charge in [-0.2, -0.15) is 5.10 Å². The SMILES string of the molecule is Cc1c(/C=N/NC(=O)c2ccc(COc3ccc(C(C)(C)C)cc3)cc2)n(C)n(-c2ccccc2)c1=O. The second-order valence-electron chi connectivity index (χ2n) is 9.95. The van der Waals surface area contributed by atoms with Crippen LogP contribution in [0.15, 0.2) is 88.8 Å². The number of rotatable bonds is 7. The molecule has 190 valence electrons. The monoisotopic (exact) mass is 496 g/mol. The van der Waals surface area contributed by atoms with E-state index in [1.807, 2.05) is 54.6 Å². The van der Waals surface area contributed by atoms with Gasteiger partial charge in [0.1, 0.15) is 12.4 Å². The van der Waals surface area contributed by atoms with Crippen molar-refractivity contribution in [1.29, 1.82) is 0 Å². The number of hydrazone groups is 1. The lowest BCUT2D eigenvalue weighted by molar-refractivity contribution is 0.0955. The third-order valence-electron chi connectivity index (χ3n) is 6.24. The van der Waals surface area contributed by atoms with Crippen LogP contribution in [0.4, 0.5) is 0 Å². The Hall–Kier alpha value is -4.39. The molecule has 0 unspecified atom stereocenters. The number of para-hydroxylation sites is 1. The Morgan fingerprint density at radius 2 is 1.62 bits per heavy atom. The van der Waals surface area contributed by atoms with E-state index in [4.69, 9.17) is 4.74 Å². The van der Waals surface area contributed by atoms with Crippen LogP contribution in [0, 0.1) is 6.92 Å². The summed E-state index contributed by atoms with van der Waals surface area (Å²) in [6.07, 6.45) is 1.49. The molecule has 0 bridgehead atoms. The van der Waals surface area contributed by atoms with Crippen molar-refractivity contribution in [3.05, 3.63) is 117 Å². The van der Waals surface area contributed by atoms with Gasteiger partial charge in [-0.25, -0.2) is 10.1 Å². The molecule has 37 heavy (non-hydrogen) atoms. The number of nitrogens with one attached hydrogen (secondary N) is 1. The quantitative estimate of drug-likeness (QED) is 0.285. The highest BCUT2D eigenvalue weighted by Gasteiger charge is 2.15. The molecule has 7 nitrogen and oxygen atoms in total. The topological polar surface area (TPSA) is 77.6 Å². The van der Waals surface area contributed by atoms with Crippen molar-refractivity contribution >= 4 is 12.1 Å². The number of nitrogens with zero attached hydrogens (tertiary/aromatic N) is 3. The first-order chi connectivity index (χ1) is 17.6. The van der Waals surface area contributed by atoms with Gasteiger partial charge in [-0.3, -0.25) is 14.3 Å². The maximum atomic E-state index is 12.7. The van der Waals surface area contributed by atoms with Gasteiger partial charge >= 0.3 is 0 Å². The van der Waals surface area contributed by atoms with E-state index < -0.39 is 0 Å². The predicted molar refractivity (Wildman–Crippen MR) is 147 cm³/mol. The second-order valence-corrected chi connectivity index (χ2v) is 9.95. The molecule has 1 aromatic heterocycles. The highest BCUT2D eigenvalue weighted by atomic mass is 16.5. The van der Waals surface area contributed by atoms with Gasteiger partial charge < -0.3 is 4.74 Å². The molecule has 0 aliphatic carbocycles. The number of carbonyl (C=O) groups excluding carboxylic acids is 1. The van der Waals surface area contributed by atoms with Crippen LogP contribution in [-0.2, 0) is 19.1 Å². The van der Waals surface area contributed by atoms with Crippen LogP contribution in [0.1, 0.15) is 53.5 Å². The summed E-state index contributed by atoms with van der Waals surface area (Å²) >= 11 is 0. The number of hydrogen-bond donors (Lipinski definition) is 1. The molecule has 0 spiro atoms. The molecule has 7 heteroatoms. The number of hydrogen-bond acceptors (Lipinski definition) is 4. The lowest BCUT2D eigenvalue weighted by Crippen LogP contribution is -2.20. The van der Waals surface area contributed by atoms with Crippen LogP contribution in [0.2, 0.25) is 0 Å². The Balaban J connectivity index is 1.36. The second kappa shape index (κ2) is 10.7. The van der Waals surface area contributed by atoms with Crippen LogP contribution in [0.25, 0.3) is 5.69 Å². The van der Waals surface area contributed by atoms with Crippen molar-refractivity contribution in [3.63, 3.8) is 0 Å². The maximum Gasteiger partial charge on any atom is 0.274 e. The molecule has 4 rings (SSSR count). The minimum absolute atomic E-state index is 0.0989. The van der Waals surface area contributed by atoms with Crippen LogP contribution in [0.5, 0.6) is 5.75 Å². The molecule has 0 saturated carbocycles. The summed E-state index contributed by atoms with van der Waals surface area (Å²) in [5.41, 5.74) is 7.09. The van der Waals surface area contributed by atoms with Crippen LogP contribution < -0.4 is 15.7 Å². The van der Waals surface area contributed by atoms with Crippen molar-refractivity contribution < 1.29 is 9.53 Å². The first-order valence-electron chi connectivity index (χ1n) is 12.1. The summed E-state index contributed by atoms with van der Waals surface area (Å²) in [4.78, 5) is 25.3. The fourth-order valence-electron chi connectivity index (χ4n) is 3.98. The summed E-state index contributed by atoms with van der Waals surface area (Å²) in [6.45, 7) is 8.68. The van der Waals surface area contributed by atoms with E-state index in [9.17, 15) is 9.59 Å². The standard InChI is InChI=1S/C30H32N4O3/c1-21-27(33(5)34(29(21)36)25-9-7-6-8-10-25)19-31-32-28(35)23-13-11-22(12-14-23)20-37-26-17-15-24(16-18-26)30(2,3)4/h6-19H,20H2,1-5H3,(H,32,35)/b31-19+. The molecular formula is C30H32N4O3. The lowest BCUT2D eigenvalue weighted by atomic mass is 9.87. The number of amides is 1. The largest absolute Gasteiger partial charge is 0.489 e. The molecular weight excluding hydrogens is 464 g/mol. The van der Waals surface area contributed by atoms with Gasteiger partial charge in [0.05, 0.1) is 17.6 Å². The summed E-state index contributed by atoms with van der Waals surface area (Å²) in [5, 5.41) is 4.09. The van der Waals surface area contributed by atoms with Crippen molar-refractivity contribution in [1.82, 2.24) is 14.8 Å². The minimum atomic E-state index is -0.341. The Bertz CT molecular complexity index is 1460. The Morgan fingerprint density at radius 1 is 0.973 bits per heavy atom. The molecule has 0 atom stereocenters. The summed E-state index contributed by atoms with van der Waals surface area (Å²) in [5.74, 6) is 0.460. The third-order valence-corrected chi connectivity index (χ3v) is 6.24. The number of benzene rings is 3. The van der Waals surface area contributed by atoms with Crippen LogP contribution in [0.3, 0.4) is 0 Å². The predicted octanol–water partition coefficient (Wildman–Crippen LogP) is 5.12. The Labute approximate surface area is 217 Å². The van der Waals surface area contributed by atoms with Crippen molar-refractivity contribution in [2.45, 2.75) is 39.7 Å². The van der Waals surface area contributed by atoms with E-state index in [1.54, 1.807) is 35.5 Å². The fraction of sp³-hybridized carbons (Fsp3) is 0.233. The fourth-order valence-corrected chi connectivity index (χ4v) is 3.98. The van der Waals surface area contributed by atoms with E-state index in [0.29, 0.717) is 23.4 Å². The van der Waals surface area contributed by atoms with Gasteiger partial charge in [0, 0.05) is 18.2 Å². The number of carbonyl (C=O) groups is 1. The highest BCUT2D eigenvalue weighted by molar-refractivity contribution is 5.94. The average Bonchev–Trinajstić information content (AvgIpc) is 3.10. The van der Waals surface area contributed by atoms with E-state index in [2.05, 4.69) is 43.4 Å². The lowest BCUT2D eigenvalue weighted by Gasteiger charge is -2.19. The molecule has 0 saturated heterocycles. The van der Waals surface area contributed by atoms with E-state index in [1.165, 1.54) is 11.8 Å². The third kappa shape index (κ3) is 5.89. The molecule has 0 aliphatic heterocycles. The molecule has 0 radical (unpaired) electrons. The van der Waals surface area contributed by atoms with Crippen molar-refractivity contribution in [2.24, 2.45) is 12.1 Å². The molecule has 3 aromatic carbocycles. The van der Waals surface area contributed by atoms with Gasteiger partial charge in [0.15, 0.2) is 0 Å². The van der Waals surface area contributed by atoms with Crippen LogP contribution >= 0.6 is 0 Å². The number of ether oxygens (including phenoxy) is 1. The van der Waals surface area contributed by atoms with E-state index in [-0.39, 0.29) is 16.9 Å². The zero-order valence-corrected chi connectivity index (χ0v) is 21.9. The first-order valence-corrected chi connectivity index (χ1v) is 12.1. The van der Waals surface area contributed by atoms with Gasteiger partial charge in [0.25, 0.3) is 11.5 Å². The number of aromatic nitrogens is 2. The zero-order valence-electron chi connectivity index (χ0n) is 21.9. The molecule has 4 aromatic rings. The van der Waals surface area contributed by atoms with Gasteiger partial charge in [-0.15, -0.1) is 0 Å². The van der Waals surface area contributed by atoms with Crippen molar-refractivity contribution in [2.75, 3.05) is 0 Å². The first kappa shape index (κ1) is 25.7. The van der Waals surface area contributed by atoms with Crippen LogP contribution in [-0.4, -0.2) is 21.5 Å². The zero-order chi connectivity index (χ0) is 26.6.